The summed E-state index contributed by atoms with van der Waals surface area (Å²) in [6, 6.07) is 9.08. The van der Waals surface area contributed by atoms with Crippen LogP contribution in [0.4, 0.5) is 35.2 Å². The second-order valence-corrected chi connectivity index (χ2v) is 15.4. The van der Waals surface area contributed by atoms with Gasteiger partial charge in [0.25, 0.3) is 0 Å². The number of nitriles is 1. The van der Waals surface area contributed by atoms with Crippen LogP contribution in [0.1, 0.15) is 70.4 Å². The van der Waals surface area contributed by atoms with E-state index in [1.54, 1.807) is 23.2 Å². The number of halogens is 3. The van der Waals surface area contributed by atoms with Gasteiger partial charge in [0, 0.05) is 75.3 Å². The number of amides is 3. The molecule has 1 aromatic heterocycles. The van der Waals surface area contributed by atoms with E-state index in [1.165, 1.54) is 12.1 Å². The van der Waals surface area contributed by atoms with Crippen molar-refractivity contribution in [2.75, 3.05) is 67.5 Å². The smallest absolute Gasteiger partial charge is 0.417 e. The third-order valence-electron chi connectivity index (χ3n) is 10.7. The molecule has 1 aromatic carbocycles. The number of benzene rings is 1. The number of aromatic nitrogens is 1. The first-order valence-corrected chi connectivity index (χ1v) is 17.8. The summed E-state index contributed by atoms with van der Waals surface area (Å²) in [5.41, 5.74) is -0.399. The molecule has 5 heterocycles. The molecule has 51 heavy (non-hydrogen) atoms. The number of rotatable bonds is 5. The number of carbonyl (C=O) groups is 3. The van der Waals surface area contributed by atoms with E-state index in [9.17, 15) is 27.6 Å². The Morgan fingerprint density at radius 3 is 2.04 bits per heavy atom. The zero-order valence-corrected chi connectivity index (χ0v) is 29.5. The fourth-order valence-electron chi connectivity index (χ4n) is 7.70. The highest BCUT2D eigenvalue weighted by atomic mass is 19.4. The predicted octanol–water partition coefficient (Wildman–Crippen LogP) is 5.90. The van der Waals surface area contributed by atoms with Crippen molar-refractivity contribution in [1.82, 2.24) is 14.8 Å². The Balaban J connectivity index is 0.918. The molecule has 3 amide bonds. The van der Waals surface area contributed by atoms with Crippen molar-refractivity contribution < 1.29 is 32.3 Å². The largest absolute Gasteiger partial charge is 0.444 e. The molecule has 1 spiro atoms. The van der Waals surface area contributed by atoms with E-state index in [1.807, 2.05) is 36.6 Å². The monoisotopic (exact) mass is 709 g/mol. The number of alkyl halides is 3. The van der Waals surface area contributed by atoms with Crippen LogP contribution in [-0.4, -0.2) is 90.7 Å². The summed E-state index contributed by atoms with van der Waals surface area (Å²) >= 11 is 0. The number of nitrogens with zero attached hydrogens (tertiary/aromatic N) is 6. The minimum Gasteiger partial charge on any atom is -0.444 e. The zero-order valence-electron chi connectivity index (χ0n) is 29.5. The van der Waals surface area contributed by atoms with Crippen molar-refractivity contribution in [3.8, 4) is 6.07 Å². The molecule has 274 valence electrons. The van der Waals surface area contributed by atoms with E-state index < -0.39 is 22.9 Å². The normalized spacial score (nSPS) is 20.1. The maximum absolute atomic E-state index is 13.4. The van der Waals surface area contributed by atoms with Crippen molar-refractivity contribution in [2.24, 2.45) is 17.3 Å². The number of likely N-dealkylation sites (tertiary alicyclic amines) is 2. The van der Waals surface area contributed by atoms with Crippen LogP contribution in [0.25, 0.3) is 0 Å². The van der Waals surface area contributed by atoms with E-state index >= 15 is 0 Å². The summed E-state index contributed by atoms with van der Waals surface area (Å²) < 4.78 is 45.8. The first kappa shape index (κ1) is 36.3. The van der Waals surface area contributed by atoms with Crippen LogP contribution in [0.15, 0.2) is 36.5 Å². The summed E-state index contributed by atoms with van der Waals surface area (Å²) in [4.78, 5) is 50.9. The molecule has 4 saturated heterocycles. The number of hydrogen-bond donors (Lipinski definition) is 1. The van der Waals surface area contributed by atoms with Crippen LogP contribution in [0.3, 0.4) is 0 Å². The van der Waals surface area contributed by atoms with Gasteiger partial charge in [0.1, 0.15) is 11.4 Å². The Hall–Kier alpha value is -4.54. The van der Waals surface area contributed by atoms with Gasteiger partial charge < -0.3 is 29.7 Å². The molecule has 11 nitrogen and oxygen atoms in total. The second kappa shape index (κ2) is 14.2. The molecule has 6 rings (SSSR count). The van der Waals surface area contributed by atoms with Gasteiger partial charge in [-0.15, -0.1) is 0 Å². The summed E-state index contributed by atoms with van der Waals surface area (Å²) in [7, 11) is 0. The van der Waals surface area contributed by atoms with Gasteiger partial charge in [-0.2, -0.15) is 18.4 Å². The molecule has 4 aliphatic rings. The molecular weight excluding hydrogens is 663 g/mol. The summed E-state index contributed by atoms with van der Waals surface area (Å²) in [6.07, 6.45) is 1.07. The first-order valence-electron chi connectivity index (χ1n) is 17.8. The molecule has 0 radical (unpaired) electrons. The summed E-state index contributed by atoms with van der Waals surface area (Å²) in [5.74, 6) is 0.142. The number of nitrogens with one attached hydrogen (secondary N) is 1. The quantitative estimate of drug-likeness (QED) is 0.407. The first-order chi connectivity index (χ1) is 24.1. The number of pyridine rings is 1. The van der Waals surface area contributed by atoms with E-state index in [-0.39, 0.29) is 35.2 Å². The molecule has 1 N–H and O–H groups in total. The maximum Gasteiger partial charge on any atom is 0.417 e. The van der Waals surface area contributed by atoms with Crippen LogP contribution < -0.4 is 15.1 Å². The van der Waals surface area contributed by atoms with Gasteiger partial charge in [0.2, 0.25) is 11.8 Å². The zero-order chi connectivity index (χ0) is 36.6. The number of piperidine rings is 3. The number of carbonyl (C=O) groups excluding carboxylic acids is 3. The van der Waals surface area contributed by atoms with Crippen LogP contribution in [-0.2, 0) is 20.5 Å². The van der Waals surface area contributed by atoms with Crippen molar-refractivity contribution in [3.05, 3.63) is 47.7 Å². The molecule has 0 aliphatic carbocycles. The molecule has 14 heteroatoms. The predicted molar refractivity (Wildman–Crippen MR) is 185 cm³/mol. The minimum atomic E-state index is -4.62. The lowest BCUT2D eigenvalue weighted by Gasteiger charge is -2.55. The van der Waals surface area contributed by atoms with Crippen molar-refractivity contribution >= 4 is 35.1 Å². The topological polar surface area (TPSA) is 122 Å². The van der Waals surface area contributed by atoms with Crippen molar-refractivity contribution in [1.29, 1.82) is 5.26 Å². The minimum absolute atomic E-state index is 0.0527. The van der Waals surface area contributed by atoms with Gasteiger partial charge >= 0.3 is 12.3 Å². The molecule has 2 aromatic rings. The molecule has 4 aliphatic heterocycles. The molecule has 0 saturated carbocycles. The van der Waals surface area contributed by atoms with Gasteiger partial charge in [0.05, 0.1) is 29.1 Å². The number of hydrogen-bond acceptors (Lipinski definition) is 8. The Labute approximate surface area is 296 Å². The number of ether oxygens (including phenoxy) is 1. The molecular formula is C37H46F3N7O4. The van der Waals surface area contributed by atoms with E-state index in [0.29, 0.717) is 63.4 Å². The highest BCUT2D eigenvalue weighted by Gasteiger charge is 2.48. The van der Waals surface area contributed by atoms with E-state index in [2.05, 4.69) is 15.2 Å². The van der Waals surface area contributed by atoms with Crippen molar-refractivity contribution in [3.63, 3.8) is 0 Å². The Kier molecular flexibility index (Phi) is 10.1. The van der Waals surface area contributed by atoms with Crippen LogP contribution in [0, 0.1) is 28.6 Å². The average Bonchev–Trinajstić information content (AvgIpc) is 3.09. The summed E-state index contributed by atoms with van der Waals surface area (Å²) in [5, 5.41) is 12.0. The van der Waals surface area contributed by atoms with Crippen molar-refractivity contribution in [2.45, 2.75) is 71.1 Å². The molecule has 0 unspecified atom stereocenters. The molecule has 4 fully saturated rings. The lowest BCUT2D eigenvalue weighted by atomic mass is 9.71. The maximum atomic E-state index is 13.4. The highest BCUT2D eigenvalue weighted by Crippen LogP contribution is 2.42. The second-order valence-electron chi connectivity index (χ2n) is 15.4. The van der Waals surface area contributed by atoms with Gasteiger partial charge in [-0.3, -0.25) is 9.59 Å². The standard InChI is InChI=1S/C37H46F3N7O4/c1-35(2,3)51-34(50)46-16-10-26(11-17-46)33(49)47-23-36(24-47)12-18-45(19-13-36)29-6-7-31(42-22-29)43-32(48)25-8-14-44(15-9-25)28-5-4-27(21-41)30(20-28)37(38,39)40/h4-7,20,22,25-26H,8-19,23-24H2,1-3H3,(H,42,43,48). The van der Waals surface area contributed by atoms with Crippen LogP contribution in [0.2, 0.25) is 0 Å². The van der Waals surface area contributed by atoms with Gasteiger partial charge in [-0.25, -0.2) is 9.78 Å². The van der Waals surface area contributed by atoms with E-state index in [0.717, 1.165) is 50.8 Å². The van der Waals surface area contributed by atoms with Crippen LogP contribution >= 0.6 is 0 Å². The SMILES string of the molecule is CC(C)(C)OC(=O)N1CCC(C(=O)N2CC3(CCN(c4ccc(NC(=O)C5CCN(c6ccc(C#N)c(C(F)(F)F)c6)CC5)nc4)CC3)C2)CC1. The highest BCUT2D eigenvalue weighted by molar-refractivity contribution is 5.92. The van der Waals surface area contributed by atoms with Gasteiger partial charge in [0.15, 0.2) is 0 Å². The van der Waals surface area contributed by atoms with Crippen LogP contribution in [0.5, 0.6) is 0 Å². The lowest BCUT2D eigenvalue weighted by Crippen LogP contribution is -2.63. The summed E-state index contributed by atoms with van der Waals surface area (Å²) in [6.45, 7) is 10.7. The molecule has 0 bridgehead atoms. The molecule has 0 atom stereocenters. The average molecular weight is 710 g/mol. The Bertz CT molecular complexity index is 1640. The van der Waals surface area contributed by atoms with Gasteiger partial charge in [-0.05, 0) is 89.6 Å². The Morgan fingerprint density at radius 1 is 0.863 bits per heavy atom. The van der Waals surface area contributed by atoms with Gasteiger partial charge in [-0.1, -0.05) is 0 Å². The Morgan fingerprint density at radius 2 is 1.47 bits per heavy atom. The van der Waals surface area contributed by atoms with E-state index in [4.69, 9.17) is 10.00 Å². The third kappa shape index (κ3) is 8.34. The lowest BCUT2D eigenvalue weighted by molar-refractivity contribution is -0.151. The fraction of sp³-hybridized carbons (Fsp3) is 0.595. The fourth-order valence-corrected chi connectivity index (χ4v) is 7.70. The third-order valence-corrected chi connectivity index (χ3v) is 10.7. The number of anilines is 3.